The van der Waals surface area contributed by atoms with E-state index in [1.165, 1.54) is 18.6 Å². The SMILES string of the molecule is O=C1CCC(=O)ON2C=CC=NC=C2O1. The van der Waals surface area contributed by atoms with Crippen LogP contribution in [-0.4, -0.2) is 23.2 Å². The summed E-state index contributed by atoms with van der Waals surface area (Å²) in [6.45, 7) is 0. The molecule has 0 bridgehead atoms. The highest BCUT2D eigenvalue weighted by Gasteiger charge is 2.22. The summed E-state index contributed by atoms with van der Waals surface area (Å²) >= 11 is 0. The Hall–Kier alpha value is -2.11. The van der Waals surface area contributed by atoms with E-state index < -0.39 is 11.9 Å². The minimum atomic E-state index is -0.482. The van der Waals surface area contributed by atoms with E-state index in [0.717, 1.165) is 5.06 Å². The Kier molecular flexibility index (Phi) is 2.49. The fourth-order valence-corrected chi connectivity index (χ4v) is 1.08. The summed E-state index contributed by atoms with van der Waals surface area (Å²) in [6.07, 6.45) is 5.82. The van der Waals surface area contributed by atoms with Gasteiger partial charge in [0.15, 0.2) is 0 Å². The molecule has 0 aromatic rings. The van der Waals surface area contributed by atoms with Crippen molar-refractivity contribution in [2.75, 3.05) is 0 Å². The molecule has 0 aromatic carbocycles. The van der Waals surface area contributed by atoms with Gasteiger partial charge in [-0.3, -0.25) is 9.79 Å². The highest BCUT2D eigenvalue weighted by molar-refractivity contribution is 5.79. The molecule has 0 aliphatic carbocycles. The molecule has 0 N–H and O–H groups in total. The van der Waals surface area contributed by atoms with Gasteiger partial charge < -0.3 is 9.57 Å². The van der Waals surface area contributed by atoms with Crippen molar-refractivity contribution in [2.45, 2.75) is 12.8 Å². The number of esters is 1. The molecular weight excluding hydrogens is 200 g/mol. The van der Waals surface area contributed by atoms with Gasteiger partial charge in [-0.15, -0.1) is 5.06 Å². The summed E-state index contributed by atoms with van der Waals surface area (Å²) in [7, 11) is 0. The molecule has 0 radical (unpaired) electrons. The van der Waals surface area contributed by atoms with Crippen LogP contribution < -0.4 is 0 Å². The highest BCUT2D eigenvalue weighted by Crippen LogP contribution is 2.16. The van der Waals surface area contributed by atoms with Crippen LogP contribution in [0.2, 0.25) is 0 Å². The van der Waals surface area contributed by atoms with Gasteiger partial charge in [-0.25, -0.2) is 4.79 Å². The molecule has 1 fully saturated rings. The number of carbonyl (C=O) groups is 2. The zero-order valence-electron chi connectivity index (χ0n) is 7.75. The van der Waals surface area contributed by atoms with Crippen molar-refractivity contribution in [1.29, 1.82) is 0 Å². The molecule has 0 spiro atoms. The molecule has 1 saturated heterocycles. The van der Waals surface area contributed by atoms with Crippen molar-refractivity contribution < 1.29 is 19.2 Å². The van der Waals surface area contributed by atoms with E-state index in [4.69, 9.17) is 9.57 Å². The average molecular weight is 208 g/mol. The van der Waals surface area contributed by atoms with Crippen LogP contribution in [0.4, 0.5) is 0 Å². The van der Waals surface area contributed by atoms with Gasteiger partial charge in [0, 0.05) is 6.21 Å². The Morgan fingerprint density at radius 2 is 2.07 bits per heavy atom. The van der Waals surface area contributed by atoms with Crippen LogP contribution in [0.1, 0.15) is 12.8 Å². The number of hydrogen-bond donors (Lipinski definition) is 0. The van der Waals surface area contributed by atoms with Crippen molar-refractivity contribution in [3.05, 3.63) is 24.4 Å². The molecule has 0 aromatic heterocycles. The quantitative estimate of drug-likeness (QED) is 0.541. The molecule has 15 heavy (non-hydrogen) atoms. The lowest BCUT2D eigenvalue weighted by Gasteiger charge is -2.21. The lowest BCUT2D eigenvalue weighted by molar-refractivity contribution is -0.188. The van der Waals surface area contributed by atoms with E-state index in [2.05, 4.69) is 4.99 Å². The minimum absolute atomic E-state index is 0.0112. The molecule has 0 unspecified atom stereocenters. The lowest BCUT2D eigenvalue weighted by atomic mass is 10.3. The zero-order chi connectivity index (χ0) is 10.7. The number of rotatable bonds is 0. The maximum atomic E-state index is 11.2. The predicted octanol–water partition coefficient (Wildman–Crippen LogP) is 0.481. The smallest absolute Gasteiger partial charge is 0.333 e. The first kappa shape index (κ1) is 9.45. The largest absolute Gasteiger partial charge is 0.404 e. The Balaban J connectivity index is 2.26. The summed E-state index contributed by atoms with van der Waals surface area (Å²) in [5, 5.41) is 1.08. The summed E-state index contributed by atoms with van der Waals surface area (Å²) < 4.78 is 4.93. The first-order chi connectivity index (χ1) is 7.25. The second-order valence-electron chi connectivity index (χ2n) is 2.87. The van der Waals surface area contributed by atoms with Gasteiger partial charge in [0.05, 0.1) is 25.2 Å². The highest BCUT2D eigenvalue weighted by atomic mass is 16.7. The molecule has 0 amide bonds. The molecule has 0 saturated carbocycles. The molecule has 6 nitrogen and oxygen atoms in total. The van der Waals surface area contributed by atoms with Crippen molar-refractivity contribution in [3.63, 3.8) is 0 Å². The Morgan fingerprint density at radius 1 is 1.27 bits per heavy atom. The van der Waals surface area contributed by atoms with Crippen LogP contribution in [0.5, 0.6) is 0 Å². The number of aliphatic imine (C=N–C) groups is 1. The van der Waals surface area contributed by atoms with Gasteiger partial charge in [0.25, 0.3) is 5.88 Å². The Bertz CT molecular complexity index is 384. The van der Waals surface area contributed by atoms with Gasteiger partial charge in [-0.2, -0.15) is 0 Å². The predicted molar refractivity (Wildman–Crippen MR) is 49.0 cm³/mol. The van der Waals surface area contributed by atoms with Crippen LogP contribution in [0.15, 0.2) is 29.4 Å². The molecule has 2 aliphatic heterocycles. The standard InChI is InChI=1S/C9H8N2O4/c12-8-2-3-9(13)15-11-5-1-4-10-6-7(11)14-8/h1,4-6H,2-3H2. The van der Waals surface area contributed by atoms with Gasteiger partial charge in [-0.05, 0) is 6.08 Å². The normalized spacial score (nSPS) is 20.5. The van der Waals surface area contributed by atoms with Crippen LogP contribution in [0, 0.1) is 0 Å². The first-order valence-electron chi connectivity index (χ1n) is 4.36. The molecule has 6 heteroatoms. The second-order valence-corrected chi connectivity index (χ2v) is 2.87. The molecule has 2 heterocycles. The van der Waals surface area contributed by atoms with E-state index in [-0.39, 0.29) is 18.7 Å². The number of allylic oxidation sites excluding steroid dienone is 1. The zero-order valence-corrected chi connectivity index (χ0v) is 7.75. The Morgan fingerprint density at radius 3 is 2.93 bits per heavy atom. The number of hydrogen-bond acceptors (Lipinski definition) is 6. The number of carbonyl (C=O) groups excluding carboxylic acids is 2. The topological polar surface area (TPSA) is 68.2 Å². The third-order valence-corrected chi connectivity index (χ3v) is 1.75. The van der Waals surface area contributed by atoms with Crippen molar-refractivity contribution in [1.82, 2.24) is 5.06 Å². The molecule has 0 atom stereocenters. The van der Waals surface area contributed by atoms with Crippen LogP contribution >= 0.6 is 0 Å². The lowest BCUT2D eigenvalue weighted by Crippen LogP contribution is -2.27. The van der Waals surface area contributed by atoms with Gasteiger partial charge in [0.2, 0.25) is 0 Å². The second kappa shape index (κ2) is 3.95. The van der Waals surface area contributed by atoms with Crippen LogP contribution in [0.3, 0.4) is 0 Å². The van der Waals surface area contributed by atoms with Gasteiger partial charge in [-0.1, -0.05) is 0 Å². The minimum Gasteiger partial charge on any atom is -0.404 e. The fraction of sp³-hybridized carbons (Fsp3) is 0.222. The maximum absolute atomic E-state index is 11.2. The average Bonchev–Trinajstić information content (AvgIpc) is 2.40. The van der Waals surface area contributed by atoms with E-state index in [9.17, 15) is 9.59 Å². The summed E-state index contributed by atoms with van der Waals surface area (Å²) in [5.41, 5.74) is 0. The third-order valence-electron chi connectivity index (χ3n) is 1.75. The third kappa shape index (κ3) is 2.22. The molecule has 78 valence electrons. The monoisotopic (exact) mass is 208 g/mol. The van der Waals surface area contributed by atoms with Crippen molar-refractivity contribution in [3.8, 4) is 0 Å². The van der Waals surface area contributed by atoms with Crippen LogP contribution in [-0.2, 0) is 19.2 Å². The van der Waals surface area contributed by atoms with Gasteiger partial charge >= 0.3 is 11.9 Å². The number of ether oxygens (including phenoxy) is 1. The van der Waals surface area contributed by atoms with Crippen LogP contribution in [0.25, 0.3) is 0 Å². The van der Waals surface area contributed by atoms with E-state index in [1.807, 2.05) is 0 Å². The maximum Gasteiger partial charge on any atom is 0.333 e. The molecule has 2 aliphatic rings. The molecular formula is C9H8N2O4. The Labute approximate surface area is 85.4 Å². The van der Waals surface area contributed by atoms with E-state index in [0.29, 0.717) is 0 Å². The molecule has 2 rings (SSSR count). The fourth-order valence-electron chi connectivity index (χ4n) is 1.08. The van der Waals surface area contributed by atoms with E-state index in [1.54, 1.807) is 6.08 Å². The number of fused-ring (bicyclic) bond motifs is 1. The van der Waals surface area contributed by atoms with Gasteiger partial charge in [0.1, 0.15) is 0 Å². The van der Waals surface area contributed by atoms with Crippen molar-refractivity contribution >= 4 is 18.2 Å². The van der Waals surface area contributed by atoms with E-state index >= 15 is 0 Å². The summed E-state index contributed by atoms with van der Waals surface area (Å²) in [4.78, 5) is 31.1. The number of hydroxylamine groups is 2. The summed E-state index contributed by atoms with van der Waals surface area (Å²) in [6, 6.07) is 0. The first-order valence-corrected chi connectivity index (χ1v) is 4.36. The summed E-state index contributed by atoms with van der Waals surface area (Å²) in [5.74, 6) is -0.879. The van der Waals surface area contributed by atoms with Crippen molar-refractivity contribution in [2.24, 2.45) is 4.99 Å². The number of nitrogens with zero attached hydrogens (tertiary/aromatic N) is 2.